The molecule has 0 fully saturated rings. The molecule has 0 aliphatic rings. The van der Waals surface area contributed by atoms with Crippen molar-refractivity contribution in [1.29, 1.82) is 0 Å². The smallest absolute Gasteiger partial charge is 0.271 e. The van der Waals surface area contributed by atoms with Gasteiger partial charge in [0.2, 0.25) is 0 Å². The minimum Gasteiger partial charge on any atom is -0.467 e. The minimum atomic E-state index is -0.287. The van der Waals surface area contributed by atoms with Crippen LogP contribution >= 0.6 is 11.3 Å². The summed E-state index contributed by atoms with van der Waals surface area (Å²) in [5.74, 6) is 0.948. The largest absolute Gasteiger partial charge is 0.467 e. The van der Waals surface area contributed by atoms with Gasteiger partial charge < -0.3 is 19.1 Å². The molecule has 34 heavy (non-hydrogen) atoms. The van der Waals surface area contributed by atoms with Crippen molar-refractivity contribution in [3.05, 3.63) is 99.8 Å². The number of nitrogens with zero attached hydrogens (tertiary/aromatic N) is 2. The Morgan fingerprint density at radius 1 is 1.00 bits per heavy atom. The fraction of sp³-hybridized carbons (Fsp3) is 0.269. The van der Waals surface area contributed by atoms with Gasteiger partial charge in [-0.15, -0.1) is 11.3 Å². The lowest BCUT2D eigenvalue weighted by molar-refractivity contribution is 0.0717. The number of carbonyl (C=O) groups is 2. The second-order valence-corrected chi connectivity index (χ2v) is 8.87. The summed E-state index contributed by atoms with van der Waals surface area (Å²) in [6.07, 6.45) is 6.41. The molecule has 3 aromatic heterocycles. The van der Waals surface area contributed by atoms with E-state index in [0.29, 0.717) is 34.3 Å². The molecule has 0 unspecified atom stereocenters. The first-order valence-electron chi connectivity index (χ1n) is 11.3. The topological polar surface area (TPSA) is 88.6 Å². The van der Waals surface area contributed by atoms with Crippen LogP contribution < -0.4 is 5.32 Å². The van der Waals surface area contributed by atoms with Crippen molar-refractivity contribution < 1.29 is 18.4 Å². The molecular formula is C26H27N3O4S. The molecule has 0 atom stereocenters. The first kappa shape index (κ1) is 23.5. The van der Waals surface area contributed by atoms with Gasteiger partial charge in [-0.05, 0) is 54.8 Å². The van der Waals surface area contributed by atoms with E-state index in [1.54, 1.807) is 41.0 Å². The van der Waals surface area contributed by atoms with Crippen molar-refractivity contribution in [1.82, 2.24) is 15.2 Å². The van der Waals surface area contributed by atoms with E-state index in [2.05, 4.69) is 17.2 Å². The fourth-order valence-electron chi connectivity index (χ4n) is 3.49. The van der Waals surface area contributed by atoms with Gasteiger partial charge in [0, 0.05) is 10.9 Å². The van der Waals surface area contributed by atoms with E-state index in [0.717, 1.165) is 19.3 Å². The molecule has 176 valence electrons. The fourth-order valence-corrected chi connectivity index (χ4v) is 4.28. The summed E-state index contributed by atoms with van der Waals surface area (Å²) < 4.78 is 10.7. The third kappa shape index (κ3) is 6.23. The van der Waals surface area contributed by atoms with E-state index in [4.69, 9.17) is 8.83 Å². The molecule has 0 bridgehead atoms. The summed E-state index contributed by atoms with van der Waals surface area (Å²) in [5, 5.41) is 5.16. The molecule has 0 saturated carbocycles. The molecule has 2 amide bonds. The Labute approximate surface area is 202 Å². The zero-order valence-electron chi connectivity index (χ0n) is 19.0. The summed E-state index contributed by atoms with van der Waals surface area (Å²) in [6, 6.07) is 15.0. The van der Waals surface area contributed by atoms with E-state index >= 15 is 0 Å². The van der Waals surface area contributed by atoms with Gasteiger partial charge in [-0.2, -0.15) is 0 Å². The molecule has 1 aromatic carbocycles. The zero-order valence-corrected chi connectivity index (χ0v) is 19.8. The number of hydrogen-bond donors (Lipinski definition) is 1. The van der Waals surface area contributed by atoms with Gasteiger partial charge >= 0.3 is 0 Å². The van der Waals surface area contributed by atoms with Gasteiger partial charge in [0.25, 0.3) is 11.8 Å². The predicted octanol–water partition coefficient (Wildman–Crippen LogP) is 5.44. The van der Waals surface area contributed by atoms with Crippen molar-refractivity contribution in [3.63, 3.8) is 0 Å². The van der Waals surface area contributed by atoms with Crippen molar-refractivity contribution in [2.24, 2.45) is 0 Å². The van der Waals surface area contributed by atoms with Gasteiger partial charge in [0.15, 0.2) is 0 Å². The van der Waals surface area contributed by atoms with E-state index in [1.807, 2.05) is 30.3 Å². The summed E-state index contributed by atoms with van der Waals surface area (Å²) >= 11 is 1.35. The van der Waals surface area contributed by atoms with Crippen LogP contribution in [0, 0.1) is 0 Å². The third-order valence-electron chi connectivity index (χ3n) is 5.35. The van der Waals surface area contributed by atoms with Crippen molar-refractivity contribution in [2.75, 3.05) is 0 Å². The lowest BCUT2D eigenvalue weighted by Gasteiger charge is -2.21. The van der Waals surface area contributed by atoms with Crippen LogP contribution in [-0.2, 0) is 26.1 Å². The zero-order chi connectivity index (χ0) is 23.8. The van der Waals surface area contributed by atoms with E-state index in [1.165, 1.54) is 16.9 Å². The molecule has 0 aliphatic carbocycles. The highest BCUT2D eigenvalue weighted by Gasteiger charge is 2.20. The van der Waals surface area contributed by atoms with Gasteiger partial charge in [-0.25, -0.2) is 4.98 Å². The maximum Gasteiger partial charge on any atom is 0.271 e. The van der Waals surface area contributed by atoms with Crippen molar-refractivity contribution >= 4 is 23.2 Å². The van der Waals surface area contributed by atoms with Crippen LogP contribution in [0.2, 0.25) is 0 Å². The standard InChI is InChI=1S/C26H27N3O4S/c1-2-3-6-19-9-11-20(12-10-19)26(31)29(16-22-8-5-14-33-22)17-24-28-23(18-34-24)25(30)27-15-21-7-4-13-32-21/h4-5,7-14,18H,2-3,6,15-17H2,1H3,(H,27,30). The van der Waals surface area contributed by atoms with Crippen molar-refractivity contribution in [2.45, 2.75) is 45.8 Å². The highest BCUT2D eigenvalue weighted by Crippen LogP contribution is 2.19. The maximum absolute atomic E-state index is 13.3. The number of aromatic nitrogens is 1. The summed E-state index contributed by atoms with van der Waals surface area (Å²) in [4.78, 5) is 31.9. The summed E-state index contributed by atoms with van der Waals surface area (Å²) in [5.41, 5.74) is 2.15. The second kappa shape index (κ2) is 11.5. The van der Waals surface area contributed by atoms with Gasteiger partial charge in [0.05, 0.1) is 32.2 Å². The number of hydrogen-bond acceptors (Lipinski definition) is 6. The Hall–Kier alpha value is -3.65. The quantitative estimate of drug-likeness (QED) is 0.311. The van der Waals surface area contributed by atoms with Crippen LogP contribution in [0.25, 0.3) is 0 Å². The monoisotopic (exact) mass is 477 g/mol. The van der Waals surface area contributed by atoms with Gasteiger partial charge in [-0.3, -0.25) is 9.59 Å². The van der Waals surface area contributed by atoms with E-state index in [9.17, 15) is 9.59 Å². The molecule has 1 N–H and O–H groups in total. The maximum atomic E-state index is 13.3. The first-order valence-corrected chi connectivity index (χ1v) is 12.2. The Morgan fingerprint density at radius 2 is 1.74 bits per heavy atom. The SMILES string of the molecule is CCCCc1ccc(C(=O)N(Cc2ccco2)Cc2nc(C(=O)NCc3ccco3)cs2)cc1. The summed E-state index contributed by atoms with van der Waals surface area (Å²) in [6.45, 7) is 3.03. The minimum absolute atomic E-state index is 0.113. The average molecular weight is 478 g/mol. The van der Waals surface area contributed by atoms with E-state index in [-0.39, 0.29) is 24.9 Å². The molecule has 8 heteroatoms. The van der Waals surface area contributed by atoms with Crippen LogP contribution in [0.3, 0.4) is 0 Å². The molecule has 0 saturated heterocycles. The Kier molecular flexibility index (Phi) is 7.93. The molecule has 0 radical (unpaired) electrons. The van der Waals surface area contributed by atoms with Crippen molar-refractivity contribution in [3.8, 4) is 0 Å². The molecule has 3 heterocycles. The van der Waals surface area contributed by atoms with Crippen LogP contribution in [0.4, 0.5) is 0 Å². The number of thiazole rings is 1. The average Bonchev–Trinajstić information content (AvgIpc) is 3.64. The normalized spacial score (nSPS) is 10.9. The first-order chi connectivity index (χ1) is 16.6. The van der Waals surface area contributed by atoms with Gasteiger partial charge in [0.1, 0.15) is 22.2 Å². The number of rotatable bonds is 11. The van der Waals surface area contributed by atoms with Crippen LogP contribution in [-0.4, -0.2) is 21.7 Å². The summed E-state index contributed by atoms with van der Waals surface area (Å²) in [7, 11) is 0. The Balaban J connectivity index is 1.45. The number of unbranched alkanes of at least 4 members (excludes halogenated alkanes) is 1. The Bertz CT molecular complexity index is 1180. The highest BCUT2D eigenvalue weighted by molar-refractivity contribution is 7.09. The van der Waals surface area contributed by atoms with Crippen LogP contribution in [0.5, 0.6) is 0 Å². The number of amides is 2. The number of aryl methyl sites for hydroxylation is 1. The number of benzene rings is 1. The van der Waals surface area contributed by atoms with Crippen LogP contribution in [0.1, 0.15) is 62.7 Å². The third-order valence-corrected chi connectivity index (χ3v) is 6.18. The van der Waals surface area contributed by atoms with Crippen LogP contribution in [0.15, 0.2) is 75.3 Å². The lowest BCUT2D eigenvalue weighted by Crippen LogP contribution is -2.30. The molecular weight excluding hydrogens is 450 g/mol. The molecule has 4 aromatic rings. The van der Waals surface area contributed by atoms with Gasteiger partial charge in [-0.1, -0.05) is 25.5 Å². The molecule has 0 spiro atoms. The lowest BCUT2D eigenvalue weighted by atomic mass is 10.1. The predicted molar refractivity (Wildman–Crippen MR) is 129 cm³/mol. The number of carbonyl (C=O) groups excluding carboxylic acids is 2. The highest BCUT2D eigenvalue weighted by atomic mass is 32.1. The number of nitrogens with one attached hydrogen (secondary N) is 1. The Morgan fingerprint density at radius 3 is 2.41 bits per heavy atom. The second-order valence-electron chi connectivity index (χ2n) is 7.93. The molecule has 4 rings (SSSR count). The molecule has 7 nitrogen and oxygen atoms in total. The number of furan rings is 2. The molecule has 0 aliphatic heterocycles. The van der Waals surface area contributed by atoms with E-state index < -0.39 is 0 Å².